The molecule has 2 N–H and O–H groups in total. The van der Waals surface area contributed by atoms with Crippen molar-refractivity contribution in [1.29, 1.82) is 0 Å². The van der Waals surface area contributed by atoms with Crippen molar-refractivity contribution in [2.45, 2.75) is 45.5 Å². The Kier molecular flexibility index (Phi) is 2.57. The van der Waals surface area contributed by atoms with Crippen LogP contribution in [0.25, 0.3) is 0 Å². The van der Waals surface area contributed by atoms with Crippen molar-refractivity contribution in [2.75, 3.05) is 6.54 Å². The quantitative estimate of drug-likeness (QED) is 0.772. The number of rotatable bonds is 3. The van der Waals surface area contributed by atoms with E-state index in [0.717, 1.165) is 12.8 Å². The first-order chi connectivity index (χ1) is 6.89. The van der Waals surface area contributed by atoms with E-state index in [1.165, 1.54) is 0 Å². The summed E-state index contributed by atoms with van der Waals surface area (Å²) >= 11 is 0. The second kappa shape index (κ2) is 3.41. The Labute approximate surface area is 90.4 Å². The van der Waals surface area contributed by atoms with Gasteiger partial charge in [-0.25, -0.2) is 8.78 Å². The maximum atomic E-state index is 13.8. The number of fused-ring (bicyclic) bond motifs is 2. The van der Waals surface area contributed by atoms with Crippen LogP contribution in [0.1, 0.15) is 39.5 Å². The lowest BCUT2D eigenvalue weighted by Gasteiger charge is -2.61. The first-order valence-electron chi connectivity index (χ1n) is 5.97. The highest BCUT2D eigenvalue weighted by Gasteiger charge is 2.60. The fourth-order valence-electron chi connectivity index (χ4n) is 3.69. The maximum Gasteiger partial charge on any atom is 0.252 e. The van der Waals surface area contributed by atoms with E-state index in [4.69, 9.17) is 5.73 Å². The number of nitrogens with two attached hydrogens (primary N) is 1. The predicted octanol–water partition coefficient (Wildman–Crippen LogP) is 3.04. The van der Waals surface area contributed by atoms with E-state index in [1.54, 1.807) is 0 Å². The highest BCUT2D eigenvalue weighted by molar-refractivity contribution is 5.06. The van der Waals surface area contributed by atoms with Crippen LogP contribution in [-0.4, -0.2) is 12.5 Å². The summed E-state index contributed by atoms with van der Waals surface area (Å²) in [6.45, 7) is 4.40. The minimum absolute atomic E-state index is 0.0973. The van der Waals surface area contributed by atoms with Gasteiger partial charge in [-0.1, -0.05) is 13.8 Å². The van der Waals surface area contributed by atoms with Crippen molar-refractivity contribution in [3.63, 3.8) is 0 Å². The molecule has 0 saturated heterocycles. The van der Waals surface area contributed by atoms with E-state index in [2.05, 4.69) is 13.8 Å². The lowest BCUT2D eigenvalue weighted by molar-refractivity contribution is -0.191. The predicted molar refractivity (Wildman–Crippen MR) is 56.7 cm³/mol. The summed E-state index contributed by atoms with van der Waals surface area (Å²) in [6.07, 6.45) is 2.55. The first-order valence-corrected chi connectivity index (χ1v) is 5.97. The molecule has 0 amide bonds. The molecule has 3 aliphatic rings. The summed E-state index contributed by atoms with van der Waals surface area (Å²) < 4.78 is 27.7. The van der Waals surface area contributed by atoms with E-state index >= 15 is 0 Å². The van der Waals surface area contributed by atoms with Gasteiger partial charge < -0.3 is 5.73 Å². The molecule has 3 atom stereocenters. The van der Waals surface area contributed by atoms with Gasteiger partial charge in [0, 0.05) is 12.3 Å². The summed E-state index contributed by atoms with van der Waals surface area (Å²) in [6, 6.07) is 0. The average molecular weight is 217 g/mol. The second-order valence-corrected chi connectivity index (χ2v) is 5.84. The normalized spacial score (nSPS) is 38.6. The Morgan fingerprint density at radius 3 is 2.47 bits per heavy atom. The molecule has 3 unspecified atom stereocenters. The summed E-state index contributed by atoms with van der Waals surface area (Å²) in [5.41, 5.74) is 5.41. The lowest BCUT2D eigenvalue weighted by atomic mass is 9.44. The fraction of sp³-hybridized carbons (Fsp3) is 1.00. The third kappa shape index (κ3) is 1.59. The van der Waals surface area contributed by atoms with Gasteiger partial charge in [0.15, 0.2) is 0 Å². The SMILES string of the molecule is CC1(C)C2CCC(C(F)(F)CCN)C1C2. The zero-order chi connectivity index (χ0) is 11.3. The Morgan fingerprint density at radius 2 is 2.00 bits per heavy atom. The molecule has 0 spiro atoms. The van der Waals surface area contributed by atoms with Crippen LogP contribution in [0.15, 0.2) is 0 Å². The molecule has 88 valence electrons. The van der Waals surface area contributed by atoms with E-state index in [9.17, 15) is 8.78 Å². The van der Waals surface area contributed by atoms with E-state index < -0.39 is 11.8 Å². The smallest absolute Gasteiger partial charge is 0.252 e. The topological polar surface area (TPSA) is 26.0 Å². The van der Waals surface area contributed by atoms with Gasteiger partial charge >= 0.3 is 0 Å². The number of halogens is 2. The molecule has 0 radical (unpaired) electrons. The van der Waals surface area contributed by atoms with Crippen LogP contribution in [0.4, 0.5) is 8.78 Å². The first kappa shape index (κ1) is 11.3. The zero-order valence-electron chi connectivity index (χ0n) is 9.60. The van der Waals surface area contributed by atoms with Gasteiger partial charge in [-0.2, -0.15) is 0 Å². The van der Waals surface area contributed by atoms with Crippen molar-refractivity contribution < 1.29 is 8.78 Å². The third-order valence-electron chi connectivity index (χ3n) is 4.88. The van der Waals surface area contributed by atoms with Crippen LogP contribution in [0.2, 0.25) is 0 Å². The van der Waals surface area contributed by atoms with Gasteiger partial charge in [0.1, 0.15) is 0 Å². The van der Waals surface area contributed by atoms with Gasteiger partial charge in [0.2, 0.25) is 0 Å². The monoisotopic (exact) mass is 217 g/mol. The Hall–Kier alpha value is -0.180. The van der Waals surface area contributed by atoms with Crippen LogP contribution >= 0.6 is 0 Å². The maximum absolute atomic E-state index is 13.8. The van der Waals surface area contributed by atoms with Crippen molar-refractivity contribution in [3.05, 3.63) is 0 Å². The van der Waals surface area contributed by atoms with Gasteiger partial charge in [-0.3, -0.25) is 0 Å². The van der Waals surface area contributed by atoms with E-state index in [0.29, 0.717) is 12.3 Å². The van der Waals surface area contributed by atoms with Gasteiger partial charge in [-0.05, 0) is 43.1 Å². The lowest BCUT2D eigenvalue weighted by Crippen LogP contribution is -2.56. The minimum Gasteiger partial charge on any atom is -0.330 e. The Bertz CT molecular complexity index is 248. The molecule has 3 heteroatoms. The van der Waals surface area contributed by atoms with Crippen LogP contribution in [-0.2, 0) is 0 Å². The number of alkyl halides is 2. The molecule has 1 nitrogen and oxygen atoms in total. The molecule has 3 fully saturated rings. The highest BCUT2D eigenvalue weighted by atomic mass is 19.3. The van der Waals surface area contributed by atoms with Crippen molar-refractivity contribution in [1.82, 2.24) is 0 Å². The second-order valence-electron chi connectivity index (χ2n) is 5.84. The van der Waals surface area contributed by atoms with Gasteiger partial charge in [-0.15, -0.1) is 0 Å². The largest absolute Gasteiger partial charge is 0.330 e. The third-order valence-corrected chi connectivity index (χ3v) is 4.88. The van der Waals surface area contributed by atoms with Crippen molar-refractivity contribution in [2.24, 2.45) is 28.9 Å². The van der Waals surface area contributed by atoms with Gasteiger partial charge in [0.25, 0.3) is 5.92 Å². The molecule has 3 aliphatic carbocycles. The summed E-state index contributed by atoms with van der Waals surface area (Å²) in [5, 5.41) is 0. The molecule has 2 bridgehead atoms. The fourth-order valence-corrected chi connectivity index (χ4v) is 3.69. The Balaban J connectivity index is 2.10. The molecule has 0 aromatic heterocycles. The molecule has 0 heterocycles. The average Bonchev–Trinajstić information content (AvgIpc) is 2.17. The standard InChI is InChI=1S/C12H21F2N/c1-11(2)8-3-4-9(10(11)7-8)12(13,14)5-6-15/h8-10H,3-7,15H2,1-2H3. The van der Waals surface area contributed by atoms with E-state index in [1.807, 2.05) is 0 Å². The molecule has 3 rings (SSSR count). The molecule has 3 saturated carbocycles. The number of hydrogen-bond donors (Lipinski definition) is 1. The van der Waals surface area contributed by atoms with Crippen LogP contribution < -0.4 is 5.73 Å². The Morgan fingerprint density at radius 1 is 1.33 bits per heavy atom. The van der Waals surface area contributed by atoms with Crippen molar-refractivity contribution in [3.8, 4) is 0 Å². The highest BCUT2D eigenvalue weighted by Crippen LogP contribution is 2.64. The van der Waals surface area contributed by atoms with Crippen LogP contribution in [0, 0.1) is 23.2 Å². The molecule has 15 heavy (non-hydrogen) atoms. The summed E-state index contributed by atoms with van der Waals surface area (Å²) in [4.78, 5) is 0. The molecular formula is C12H21F2N. The van der Waals surface area contributed by atoms with Gasteiger partial charge in [0.05, 0.1) is 0 Å². The van der Waals surface area contributed by atoms with E-state index in [-0.39, 0.29) is 24.3 Å². The number of hydrogen-bond acceptors (Lipinski definition) is 1. The summed E-state index contributed by atoms with van der Waals surface area (Å²) in [7, 11) is 0. The van der Waals surface area contributed by atoms with Crippen LogP contribution in [0.5, 0.6) is 0 Å². The zero-order valence-corrected chi connectivity index (χ0v) is 9.60. The van der Waals surface area contributed by atoms with Crippen LogP contribution in [0.3, 0.4) is 0 Å². The molecule has 0 aliphatic heterocycles. The molecule has 0 aromatic rings. The molecular weight excluding hydrogens is 196 g/mol. The minimum atomic E-state index is -2.54. The summed E-state index contributed by atoms with van der Waals surface area (Å²) in [5.74, 6) is -2.05. The molecule has 0 aromatic carbocycles. The van der Waals surface area contributed by atoms with Crippen molar-refractivity contribution >= 4 is 0 Å².